The maximum absolute atomic E-state index is 12.7. The number of hydrogen-bond donors (Lipinski definition) is 0. The lowest BCUT2D eigenvalue weighted by Crippen LogP contribution is -2.47. The molecule has 0 radical (unpaired) electrons. The Bertz CT molecular complexity index is 958. The monoisotopic (exact) mass is 375 g/mol. The van der Waals surface area contributed by atoms with Gasteiger partial charge in [0.2, 0.25) is 10.0 Å². The third-order valence-corrected chi connectivity index (χ3v) is 6.71. The predicted octanol–water partition coefficient (Wildman–Crippen LogP) is 1.94. The van der Waals surface area contributed by atoms with E-state index in [0.717, 1.165) is 24.1 Å². The van der Waals surface area contributed by atoms with Crippen molar-refractivity contribution >= 4 is 21.6 Å². The van der Waals surface area contributed by atoms with Crippen LogP contribution in [0, 0.1) is 6.92 Å². The van der Waals surface area contributed by atoms with E-state index >= 15 is 0 Å². The fraction of sp³-hybridized carbons (Fsp3) is 0.444. The molecule has 8 heteroatoms. The van der Waals surface area contributed by atoms with Gasteiger partial charge in [-0.15, -0.1) is 0 Å². The van der Waals surface area contributed by atoms with Gasteiger partial charge in [0.25, 0.3) is 5.91 Å². The molecule has 1 saturated heterocycles. The van der Waals surface area contributed by atoms with Gasteiger partial charge in [-0.25, -0.2) is 8.42 Å². The number of anilines is 1. The molecule has 7 nitrogen and oxygen atoms in total. The van der Waals surface area contributed by atoms with Gasteiger partial charge in [-0.3, -0.25) is 9.10 Å². The number of likely N-dealkylation sites (tertiary alicyclic amines) is 1. The fourth-order valence-electron chi connectivity index (χ4n) is 4.12. The lowest BCUT2D eigenvalue weighted by Gasteiger charge is -2.39. The minimum absolute atomic E-state index is 0.0788. The van der Waals surface area contributed by atoms with E-state index in [2.05, 4.69) is 5.16 Å². The Hall–Kier alpha value is -2.35. The number of sulfonamides is 1. The molecule has 0 unspecified atom stereocenters. The van der Waals surface area contributed by atoms with Gasteiger partial charge in [-0.1, -0.05) is 23.4 Å². The second-order valence-electron chi connectivity index (χ2n) is 7.15. The van der Waals surface area contributed by atoms with E-state index in [9.17, 15) is 13.2 Å². The molecular formula is C18H21N3O4S. The van der Waals surface area contributed by atoms with Crippen LogP contribution >= 0.6 is 0 Å². The Labute approximate surface area is 152 Å². The largest absolute Gasteiger partial charge is 0.361 e. The molecular weight excluding hydrogens is 354 g/mol. The van der Waals surface area contributed by atoms with Gasteiger partial charge in [0.15, 0.2) is 0 Å². The number of carbonyl (C=O) groups is 1. The molecule has 26 heavy (non-hydrogen) atoms. The van der Waals surface area contributed by atoms with Crippen LogP contribution in [0.3, 0.4) is 0 Å². The van der Waals surface area contributed by atoms with Gasteiger partial charge >= 0.3 is 0 Å². The number of para-hydroxylation sites is 1. The van der Waals surface area contributed by atoms with E-state index in [0.29, 0.717) is 31.0 Å². The van der Waals surface area contributed by atoms with Crippen LogP contribution in [0.15, 0.2) is 35.0 Å². The molecule has 0 N–H and O–H groups in total. The van der Waals surface area contributed by atoms with Crippen molar-refractivity contribution in [3.8, 4) is 0 Å². The standard InChI is InChI=1S/C18H21N3O4S/c1-13-14(11-19-25-13)17(22)20-9-7-18(8-10-20)12-21(26(2,23)24)16-6-4-3-5-15(16)18/h3-6,11H,7-10,12H2,1-2H3. The van der Waals surface area contributed by atoms with E-state index in [1.54, 1.807) is 11.8 Å². The SMILES string of the molecule is Cc1oncc1C(=O)N1CCC2(CC1)CN(S(C)(=O)=O)c1ccccc12. The molecule has 0 saturated carbocycles. The quantitative estimate of drug-likeness (QED) is 0.801. The zero-order valence-corrected chi connectivity index (χ0v) is 15.6. The summed E-state index contributed by atoms with van der Waals surface area (Å²) in [5.41, 5.74) is 2.09. The van der Waals surface area contributed by atoms with Gasteiger partial charge < -0.3 is 9.42 Å². The molecule has 1 fully saturated rings. The first kappa shape index (κ1) is 17.1. The number of hydrogen-bond acceptors (Lipinski definition) is 5. The zero-order valence-electron chi connectivity index (χ0n) is 14.8. The summed E-state index contributed by atoms with van der Waals surface area (Å²) >= 11 is 0. The minimum atomic E-state index is -3.33. The summed E-state index contributed by atoms with van der Waals surface area (Å²) in [6.45, 7) is 3.33. The van der Waals surface area contributed by atoms with Crippen molar-refractivity contribution in [2.75, 3.05) is 30.2 Å². The van der Waals surface area contributed by atoms with Gasteiger partial charge in [-0.2, -0.15) is 0 Å². The van der Waals surface area contributed by atoms with E-state index in [-0.39, 0.29) is 11.3 Å². The van der Waals surface area contributed by atoms with Crippen molar-refractivity contribution in [1.29, 1.82) is 0 Å². The molecule has 0 atom stereocenters. The topological polar surface area (TPSA) is 83.7 Å². The van der Waals surface area contributed by atoms with Crippen LogP contribution in [-0.2, 0) is 15.4 Å². The molecule has 1 aromatic carbocycles. The Morgan fingerprint density at radius 2 is 1.92 bits per heavy atom. The summed E-state index contributed by atoms with van der Waals surface area (Å²) < 4.78 is 31.0. The van der Waals surface area contributed by atoms with Crippen LogP contribution in [0.2, 0.25) is 0 Å². The van der Waals surface area contributed by atoms with Gasteiger partial charge in [0.1, 0.15) is 11.3 Å². The molecule has 3 heterocycles. The predicted molar refractivity (Wildman–Crippen MR) is 96.7 cm³/mol. The fourth-order valence-corrected chi connectivity index (χ4v) is 5.12. The number of benzene rings is 1. The number of aromatic nitrogens is 1. The van der Waals surface area contributed by atoms with E-state index in [4.69, 9.17) is 4.52 Å². The van der Waals surface area contributed by atoms with Crippen LogP contribution in [0.25, 0.3) is 0 Å². The summed E-state index contributed by atoms with van der Waals surface area (Å²) in [6, 6.07) is 7.69. The highest BCUT2D eigenvalue weighted by molar-refractivity contribution is 7.92. The average molecular weight is 375 g/mol. The zero-order chi connectivity index (χ0) is 18.5. The van der Waals surface area contributed by atoms with Crippen LogP contribution < -0.4 is 4.31 Å². The van der Waals surface area contributed by atoms with Crippen molar-refractivity contribution in [2.24, 2.45) is 0 Å². The summed E-state index contributed by atoms with van der Waals surface area (Å²) in [5, 5.41) is 3.68. The first-order valence-electron chi connectivity index (χ1n) is 8.60. The van der Waals surface area contributed by atoms with Crippen molar-refractivity contribution in [3.05, 3.63) is 47.3 Å². The van der Waals surface area contributed by atoms with Crippen molar-refractivity contribution in [3.63, 3.8) is 0 Å². The van der Waals surface area contributed by atoms with E-state index in [1.165, 1.54) is 16.8 Å². The number of fused-ring (bicyclic) bond motifs is 2. The molecule has 1 amide bonds. The molecule has 0 bridgehead atoms. The first-order valence-corrected chi connectivity index (χ1v) is 10.4. The van der Waals surface area contributed by atoms with Crippen molar-refractivity contribution in [2.45, 2.75) is 25.2 Å². The van der Waals surface area contributed by atoms with Gasteiger partial charge in [0, 0.05) is 25.0 Å². The molecule has 0 aliphatic carbocycles. The number of amides is 1. The normalized spacial score (nSPS) is 19.0. The first-order chi connectivity index (χ1) is 12.3. The van der Waals surface area contributed by atoms with Crippen molar-refractivity contribution < 1.29 is 17.7 Å². The number of aryl methyl sites for hydroxylation is 1. The van der Waals surface area contributed by atoms with Crippen LogP contribution in [0.1, 0.15) is 34.5 Å². The van der Waals surface area contributed by atoms with Gasteiger partial charge in [0.05, 0.1) is 18.1 Å². The average Bonchev–Trinajstić information content (AvgIpc) is 3.17. The molecule has 1 spiro atoms. The highest BCUT2D eigenvalue weighted by atomic mass is 32.2. The van der Waals surface area contributed by atoms with E-state index in [1.807, 2.05) is 24.3 Å². The van der Waals surface area contributed by atoms with Gasteiger partial charge in [-0.05, 0) is 31.4 Å². The van der Waals surface area contributed by atoms with Crippen LogP contribution in [-0.4, -0.2) is 50.3 Å². The highest BCUT2D eigenvalue weighted by Crippen LogP contribution is 2.47. The van der Waals surface area contributed by atoms with Crippen LogP contribution in [0.5, 0.6) is 0 Å². The second-order valence-corrected chi connectivity index (χ2v) is 9.06. The number of rotatable bonds is 2. The summed E-state index contributed by atoms with van der Waals surface area (Å²) in [5.74, 6) is 0.439. The Morgan fingerprint density at radius 3 is 2.54 bits per heavy atom. The highest BCUT2D eigenvalue weighted by Gasteiger charge is 2.47. The van der Waals surface area contributed by atoms with Crippen LogP contribution in [0.4, 0.5) is 5.69 Å². The Balaban J connectivity index is 1.59. The molecule has 2 aliphatic rings. The lowest BCUT2D eigenvalue weighted by molar-refractivity contribution is 0.0673. The summed E-state index contributed by atoms with van der Waals surface area (Å²) in [4.78, 5) is 14.5. The molecule has 138 valence electrons. The maximum Gasteiger partial charge on any atom is 0.259 e. The molecule has 1 aromatic heterocycles. The number of piperidine rings is 1. The maximum atomic E-state index is 12.7. The van der Waals surface area contributed by atoms with E-state index < -0.39 is 10.0 Å². The minimum Gasteiger partial charge on any atom is -0.361 e. The third-order valence-electron chi connectivity index (χ3n) is 5.58. The summed E-state index contributed by atoms with van der Waals surface area (Å²) in [7, 11) is -3.33. The molecule has 4 rings (SSSR count). The smallest absolute Gasteiger partial charge is 0.259 e. The third kappa shape index (κ3) is 2.59. The summed E-state index contributed by atoms with van der Waals surface area (Å²) in [6.07, 6.45) is 4.16. The molecule has 2 aliphatic heterocycles. The Kier molecular flexibility index (Phi) is 3.83. The second kappa shape index (κ2) is 5.84. The lowest BCUT2D eigenvalue weighted by atomic mass is 9.74. The Morgan fingerprint density at radius 1 is 1.23 bits per heavy atom. The van der Waals surface area contributed by atoms with Crippen molar-refractivity contribution in [1.82, 2.24) is 10.1 Å². The number of carbonyl (C=O) groups excluding carboxylic acids is 1. The molecule has 2 aromatic rings. The number of nitrogens with zero attached hydrogens (tertiary/aromatic N) is 3.